The molecule has 1 aliphatic heterocycles. The summed E-state index contributed by atoms with van der Waals surface area (Å²) < 4.78 is 16.9. The number of carbonyl (C=O) groups excluding carboxylic acids is 2. The van der Waals surface area contributed by atoms with Crippen LogP contribution in [0.2, 0.25) is 0 Å². The Balaban J connectivity index is 1.20. The topological polar surface area (TPSA) is 99.7 Å². The average Bonchev–Trinajstić information content (AvgIpc) is 3.02. The number of aromatic nitrogens is 2. The molecule has 0 bridgehead atoms. The van der Waals surface area contributed by atoms with Gasteiger partial charge in [0.15, 0.2) is 0 Å². The van der Waals surface area contributed by atoms with E-state index in [4.69, 9.17) is 14.7 Å². The number of likely N-dealkylation sites (N-methyl/N-ethyl adjacent to an activating group) is 1. The Labute approximate surface area is 240 Å². The van der Waals surface area contributed by atoms with Gasteiger partial charge in [-0.25, -0.2) is 19.2 Å². The van der Waals surface area contributed by atoms with E-state index in [1.54, 1.807) is 0 Å². The number of rotatable bonds is 9. The van der Waals surface area contributed by atoms with E-state index in [-0.39, 0.29) is 12.5 Å². The van der Waals surface area contributed by atoms with Crippen LogP contribution >= 0.6 is 0 Å². The molecule has 1 aliphatic carbocycles. The molecule has 3 aromatic rings. The summed E-state index contributed by atoms with van der Waals surface area (Å²) in [5, 5.41) is 6.71. The summed E-state index contributed by atoms with van der Waals surface area (Å²) in [7, 11) is 2.14. The largest absolute Gasteiger partial charge is 0.447 e. The minimum atomic E-state index is -0.678. The molecule has 2 N–H and O–H groups in total. The van der Waals surface area contributed by atoms with Crippen molar-refractivity contribution >= 4 is 28.7 Å². The lowest BCUT2D eigenvalue weighted by Gasteiger charge is -2.33. The smallest absolute Gasteiger partial charge is 0.407 e. The lowest BCUT2D eigenvalue weighted by atomic mass is 9.82. The van der Waals surface area contributed by atoms with Gasteiger partial charge >= 0.3 is 6.09 Å². The van der Waals surface area contributed by atoms with Crippen molar-refractivity contribution in [3.63, 3.8) is 0 Å². The molecule has 218 valence electrons. The quantitative estimate of drug-likeness (QED) is 0.402. The van der Waals surface area contributed by atoms with E-state index < -0.39 is 12.8 Å². The van der Waals surface area contributed by atoms with Crippen molar-refractivity contribution in [1.82, 2.24) is 25.5 Å². The lowest BCUT2D eigenvalue weighted by molar-refractivity contribution is 0.0942. The van der Waals surface area contributed by atoms with E-state index in [0.717, 1.165) is 79.8 Å². The predicted octanol–water partition coefficient (Wildman–Crippen LogP) is 4.28. The number of hydrogen-bond donors (Lipinski definition) is 2. The van der Waals surface area contributed by atoms with Crippen LogP contribution in [-0.2, 0) is 4.74 Å². The molecule has 1 saturated heterocycles. The maximum Gasteiger partial charge on any atom is 0.407 e. The van der Waals surface area contributed by atoms with Gasteiger partial charge in [-0.15, -0.1) is 0 Å². The van der Waals surface area contributed by atoms with Gasteiger partial charge in [0, 0.05) is 56.4 Å². The van der Waals surface area contributed by atoms with Gasteiger partial charge in [-0.1, -0.05) is 18.2 Å². The van der Waals surface area contributed by atoms with Crippen molar-refractivity contribution in [2.45, 2.75) is 25.7 Å². The summed E-state index contributed by atoms with van der Waals surface area (Å²) in [5.41, 5.74) is 2.99. The summed E-state index contributed by atoms with van der Waals surface area (Å²) in [5.74, 6) is 1.60. The van der Waals surface area contributed by atoms with E-state index >= 15 is 0 Å². The zero-order chi connectivity index (χ0) is 28.6. The molecular formula is C31H39FN6O3. The Hall–Kier alpha value is -3.79. The van der Waals surface area contributed by atoms with Crippen molar-refractivity contribution in [1.29, 1.82) is 0 Å². The third-order valence-electron chi connectivity index (χ3n) is 8.19. The van der Waals surface area contributed by atoms with Crippen LogP contribution in [0, 0.1) is 11.8 Å². The molecule has 41 heavy (non-hydrogen) atoms. The lowest BCUT2D eigenvalue weighted by Crippen LogP contribution is -2.44. The molecule has 0 unspecified atom stereocenters. The van der Waals surface area contributed by atoms with Crippen LogP contribution in [0.3, 0.4) is 0 Å². The van der Waals surface area contributed by atoms with Crippen molar-refractivity contribution in [3.8, 4) is 11.3 Å². The van der Waals surface area contributed by atoms with Crippen LogP contribution in [0.4, 0.5) is 15.0 Å². The molecule has 0 atom stereocenters. The highest BCUT2D eigenvalue weighted by Crippen LogP contribution is 2.29. The summed E-state index contributed by atoms with van der Waals surface area (Å²) in [4.78, 5) is 39.2. The number of benzene rings is 1. The SMILES string of the molecule is CN1CCN(c2ccc(-c3cc(C(=O)NCC4CCC(CNC(=O)OCCF)CC4)c4ccccc4n3)cn2)CC1. The van der Waals surface area contributed by atoms with Crippen LogP contribution in [-0.4, -0.2) is 86.5 Å². The van der Waals surface area contributed by atoms with E-state index in [9.17, 15) is 14.0 Å². The highest BCUT2D eigenvalue weighted by molar-refractivity contribution is 6.07. The second-order valence-electron chi connectivity index (χ2n) is 11.1. The van der Waals surface area contributed by atoms with Crippen molar-refractivity contribution in [3.05, 3.63) is 54.2 Å². The molecule has 3 heterocycles. The number of para-hydroxylation sites is 1. The first kappa shape index (κ1) is 28.7. The first-order valence-corrected chi connectivity index (χ1v) is 14.5. The molecule has 10 heteroatoms. The van der Waals surface area contributed by atoms with E-state index in [1.807, 2.05) is 48.7 Å². The average molecular weight is 563 g/mol. The minimum Gasteiger partial charge on any atom is -0.447 e. The second-order valence-corrected chi connectivity index (χ2v) is 11.1. The van der Waals surface area contributed by atoms with E-state index in [1.165, 1.54) is 0 Å². The fraction of sp³-hybridized carbons (Fsp3) is 0.484. The molecule has 1 aromatic carbocycles. The van der Waals surface area contributed by atoms with Gasteiger partial charge in [-0.05, 0) is 68.8 Å². The molecule has 2 amide bonds. The standard InChI is InChI=1S/C31H39FN6O3/c1-37-13-15-38(16-14-37)29-11-10-24(21-33-29)28-18-26(25-4-2-3-5-27(25)36-28)30(39)34-19-22-6-8-23(9-7-22)20-35-31(40)41-17-12-32/h2-5,10-11,18,21-23H,6-9,12-17,19-20H2,1H3,(H,34,39)(H,35,40). The number of fused-ring (bicyclic) bond motifs is 1. The van der Waals surface area contributed by atoms with Crippen molar-refractivity contribution in [2.75, 3.05) is 64.5 Å². The zero-order valence-corrected chi connectivity index (χ0v) is 23.7. The fourth-order valence-corrected chi connectivity index (χ4v) is 5.65. The first-order valence-electron chi connectivity index (χ1n) is 14.5. The number of pyridine rings is 2. The molecule has 2 fully saturated rings. The van der Waals surface area contributed by atoms with Gasteiger partial charge in [0.2, 0.25) is 0 Å². The maximum atomic E-state index is 13.4. The summed E-state index contributed by atoms with van der Waals surface area (Å²) >= 11 is 0. The monoisotopic (exact) mass is 562 g/mol. The van der Waals surface area contributed by atoms with Gasteiger partial charge in [0.25, 0.3) is 5.91 Å². The van der Waals surface area contributed by atoms with Crippen molar-refractivity contribution < 1.29 is 18.7 Å². The molecule has 9 nitrogen and oxygen atoms in total. The molecule has 2 aliphatic rings. The van der Waals surface area contributed by atoms with Crippen LogP contribution in [0.15, 0.2) is 48.7 Å². The normalized spacial score (nSPS) is 19.6. The molecule has 5 rings (SSSR count). The molecule has 0 radical (unpaired) electrons. The third-order valence-corrected chi connectivity index (χ3v) is 8.19. The molecule has 1 saturated carbocycles. The predicted molar refractivity (Wildman–Crippen MR) is 158 cm³/mol. The Kier molecular flexibility index (Phi) is 9.61. The van der Waals surface area contributed by atoms with Gasteiger partial charge in [0.05, 0.1) is 16.8 Å². The number of halogens is 1. The maximum absolute atomic E-state index is 13.4. The number of piperazine rings is 1. The van der Waals surface area contributed by atoms with Crippen LogP contribution in [0.25, 0.3) is 22.2 Å². The van der Waals surface area contributed by atoms with Gasteiger partial charge in [-0.2, -0.15) is 0 Å². The third kappa shape index (κ3) is 7.49. The Morgan fingerprint density at radius 3 is 2.37 bits per heavy atom. The number of ether oxygens (including phenoxy) is 1. The fourth-order valence-electron chi connectivity index (χ4n) is 5.65. The number of alkyl halides is 1. The highest BCUT2D eigenvalue weighted by atomic mass is 19.1. The highest BCUT2D eigenvalue weighted by Gasteiger charge is 2.23. The molecule has 0 spiro atoms. The van der Waals surface area contributed by atoms with Crippen LogP contribution < -0.4 is 15.5 Å². The zero-order valence-electron chi connectivity index (χ0n) is 23.7. The van der Waals surface area contributed by atoms with Gasteiger partial charge < -0.3 is 25.2 Å². The number of anilines is 1. The summed E-state index contributed by atoms with van der Waals surface area (Å²) in [6.45, 7) is 4.19. The minimum absolute atomic E-state index is 0.105. The number of alkyl carbamates (subject to hydrolysis) is 1. The van der Waals surface area contributed by atoms with E-state index in [2.05, 4.69) is 27.5 Å². The number of nitrogens with zero attached hydrogens (tertiary/aromatic N) is 4. The molecular weight excluding hydrogens is 523 g/mol. The Morgan fingerprint density at radius 2 is 1.68 bits per heavy atom. The Bertz CT molecular complexity index is 1320. The second kappa shape index (κ2) is 13.7. The van der Waals surface area contributed by atoms with Gasteiger partial charge in [0.1, 0.15) is 19.1 Å². The first-order chi connectivity index (χ1) is 20.0. The summed E-state index contributed by atoms with van der Waals surface area (Å²) in [6, 6.07) is 13.7. The Morgan fingerprint density at radius 1 is 0.976 bits per heavy atom. The van der Waals surface area contributed by atoms with Crippen LogP contribution in [0.1, 0.15) is 36.0 Å². The molecule has 2 aromatic heterocycles. The number of hydrogen-bond acceptors (Lipinski definition) is 7. The van der Waals surface area contributed by atoms with E-state index in [0.29, 0.717) is 30.5 Å². The van der Waals surface area contributed by atoms with Crippen LogP contribution in [0.5, 0.6) is 0 Å². The number of carbonyl (C=O) groups is 2. The number of amides is 2. The van der Waals surface area contributed by atoms with Gasteiger partial charge in [-0.3, -0.25) is 4.79 Å². The summed E-state index contributed by atoms with van der Waals surface area (Å²) in [6.07, 6.45) is 5.15. The van der Waals surface area contributed by atoms with Crippen molar-refractivity contribution in [2.24, 2.45) is 11.8 Å². The number of nitrogens with one attached hydrogen (secondary N) is 2.